The molecule has 2 aromatic carbocycles. The number of hydrogen-bond donors (Lipinski definition) is 3. The molecular formula is C16H15NO4. The van der Waals surface area contributed by atoms with Crippen LogP contribution in [0.2, 0.25) is 0 Å². The third-order valence-electron chi connectivity index (χ3n) is 3.20. The summed E-state index contributed by atoms with van der Waals surface area (Å²) in [6, 6.07) is 13.0. The summed E-state index contributed by atoms with van der Waals surface area (Å²) in [5.74, 6) is -1.95. The van der Waals surface area contributed by atoms with Crippen LogP contribution in [0, 0.1) is 0 Å². The first-order valence-electron chi connectivity index (χ1n) is 6.39. The molecule has 0 spiro atoms. The van der Waals surface area contributed by atoms with Crippen molar-refractivity contribution in [3.8, 4) is 11.1 Å². The minimum atomic E-state index is -0.989. The van der Waals surface area contributed by atoms with Crippen LogP contribution in [0.3, 0.4) is 0 Å². The number of aliphatic carboxylic acids is 1. The van der Waals surface area contributed by atoms with Crippen LogP contribution in [-0.4, -0.2) is 22.2 Å². The van der Waals surface area contributed by atoms with Crippen LogP contribution in [0.1, 0.15) is 28.4 Å². The van der Waals surface area contributed by atoms with E-state index in [1.807, 2.05) is 12.1 Å². The molecule has 21 heavy (non-hydrogen) atoms. The summed E-state index contributed by atoms with van der Waals surface area (Å²) in [5, 5.41) is 17.8. The summed E-state index contributed by atoms with van der Waals surface area (Å²) in [6.45, 7) is 0. The van der Waals surface area contributed by atoms with E-state index in [-0.39, 0.29) is 12.0 Å². The van der Waals surface area contributed by atoms with Gasteiger partial charge < -0.3 is 15.9 Å². The number of aromatic carboxylic acids is 1. The Balaban J connectivity index is 2.39. The highest BCUT2D eigenvalue weighted by atomic mass is 16.4. The largest absolute Gasteiger partial charge is 0.481 e. The van der Waals surface area contributed by atoms with Crippen molar-refractivity contribution < 1.29 is 19.8 Å². The lowest BCUT2D eigenvalue weighted by molar-refractivity contribution is -0.137. The van der Waals surface area contributed by atoms with E-state index < -0.39 is 18.0 Å². The van der Waals surface area contributed by atoms with Crippen LogP contribution in [0.25, 0.3) is 11.1 Å². The Morgan fingerprint density at radius 3 is 2.19 bits per heavy atom. The second kappa shape index (κ2) is 6.19. The third kappa shape index (κ3) is 3.46. The molecular weight excluding hydrogens is 270 g/mol. The van der Waals surface area contributed by atoms with Gasteiger partial charge in [-0.2, -0.15) is 0 Å². The van der Waals surface area contributed by atoms with Gasteiger partial charge in [-0.15, -0.1) is 0 Å². The monoisotopic (exact) mass is 285 g/mol. The van der Waals surface area contributed by atoms with Crippen molar-refractivity contribution in [3.05, 3.63) is 59.7 Å². The van der Waals surface area contributed by atoms with Gasteiger partial charge in [0.25, 0.3) is 0 Å². The summed E-state index contributed by atoms with van der Waals surface area (Å²) in [6.07, 6.45) is -0.162. The SMILES string of the molecule is NC(CC(=O)O)c1ccccc1-c1ccc(C(=O)O)cc1. The molecule has 1 unspecified atom stereocenters. The van der Waals surface area contributed by atoms with Crippen LogP contribution >= 0.6 is 0 Å². The fourth-order valence-electron chi connectivity index (χ4n) is 2.17. The number of hydrogen-bond acceptors (Lipinski definition) is 3. The molecule has 0 amide bonds. The number of benzene rings is 2. The highest BCUT2D eigenvalue weighted by Crippen LogP contribution is 2.28. The summed E-state index contributed by atoms with van der Waals surface area (Å²) < 4.78 is 0. The van der Waals surface area contributed by atoms with E-state index in [9.17, 15) is 9.59 Å². The zero-order chi connectivity index (χ0) is 15.4. The van der Waals surface area contributed by atoms with Crippen LogP contribution in [0.4, 0.5) is 0 Å². The molecule has 0 aliphatic rings. The Morgan fingerprint density at radius 2 is 1.62 bits per heavy atom. The Kier molecular flexibility index (Phi) is 4.35. The number of carboxylic acids is 2. The van der Waals surface area contributed by atoms with Gasteiger partial charge in [0.1, 0.15) is 0 Å². The maximum atomic E-state index is 10.9. The van der Waals surface area contributed by atoms with Gasteiger partial charge in [0.15, 0.2) is 0 Å². The molecule has 5 nitrogen and oxygen atoms in total. The maximum absolute atomic E-state index is 10.9. The fraction of sp³-hybridized carbons (Fsp3) is 0.125. The van der Waals surface area contributed by atoms with Gasteiger partial charge in [-0.1, -0.05) is 36.4 Å². The second-order valence-corrected chi connectivity index (χ2v) is 4.67. The molecule has 0 aromatic heterocycles. The minimum Gasteiger partial charge on any atom is -0.481 e. The molecule has 0 saturated carbocycles. The molecule has 5 heteroatoms. The number of carbonyl (C=O) groups is 2. The quantitative estimate of drug-likeness (QED) is 0.783. The van der Waals surface area contributed by atoms with Crippen LogP contribution in [0.15, 0.2) is 48.5 Å². The zero-order valence-corrected chi connectivity index (χ0v) is 11.2. The first kappa shape index (κ1) is 14.7. The van der Waals surface area contributed by atoms with E-state index in [1.54, 1.807) is 24.3 Å². The molecule has 0 heterocycles. The van der Waals surface area contributed by atoms with Crippen molar-refractivity contribution in [2.24, 2.45) is 5.73 Å². The number of nitrogens with two attached hydrogens (primary N) is 1. The van der Waals surface area contributed by atoms with Crippen molar-refractivity contribution in [2.45, 2.75) is 12.5 Å². The van der Waals surface area contributed by atoms with Crippen molar-refractivity contribution in [1.82, 2.24) is 0 Å². The second-order valence-electron chi connectivity index (χ2n) is 4.67. The Labute approximate surface area is 121 Å². The molecule has 1 atom stereocenters. The smallest absolute Gasteiger partial charge is 0.335 e. The third-order valence-corrected chi connectivity index (χ3v) is 3.20. The number of rotatable bonds is 5. The lowest BCUT2D eigenvalue weighted by Gasteiger charge is -2.15. The molecule has 2 aromatic rings. The molecule has 4 N–H and O–H groups in total. The topological polar surface area (TPSA) is 101 Å². The van der Waals surface area contributed by atoms with E-state index >= 15 is 0 Å². The first-order chi connectivity index (χ1) is 9.99. The Hall–Kier alpha value is -2.66. The fourth-order valence-corrected chi connectivity index (χ4v) is 2.17. The maximum Gasteiger partial charge on any atom is 0.335 e. The van der Waals surface area contributed by atoms with E-state index in [4.69, 9.17) is 15.9 Å². The van der Waals surface area contributed by atoms with Crippen molar-refractivity contribution in [3.63, 3.8) is 0 Å². The summed E-state index contributed by atoms with van der Waals surface area (Å²) in [4.78, 5) is 21.7. The predicted molar refractivity (Wildman–Crippen MR) is 78.0 cm³/mol. The molecule has 0 bridgehead atoms. The van der Waals surface area contributed by atoms with Gasteiger partial charge in [0.2, 0.25) is 0 Å². The molecule has 0 radical (unpaired) electrons. The van der Waals surface area contributed by atoms with Gasteiger partial charge >= 0.3 is 11.9 Å². The molecule has 0 fully saturated rings. The van der Waals surface area contributed by atoms with Gasteiger partial charge in [-0.05, 0) is 28.8 Å². The average molecular weight is 285 g/mol. The van der Waals surface area contributed by atoms with Gasteiger partial charge in [-0.25, -0.2) is 4.79 Å². The van der Waals surface area contributed by atoms with Crippen LogP contribution < -0.4 is 5.73 Å². The number of carboxylic acid groups (broad SMARTS) is 2. The molecule has 2 rings (SSSR count). The lowest BCUT2D eigenvalue weighted by atomic mass is 9.93. The van der Waals surface area contributed by atoms with E-state index in [2.05, 4.69) is 0 Å². The summed E-state index contributed by atoms with van der Waals surface area (Å²) in [7, 11) is 0. The highest BCUT2D eigenvalue weighted by Gasteiger charge is 2.15. The molecule has 0 aliphatic carbocycles. The van der Waals surface area contributed by atoms with Gasteiger partial charge in [-0.3, -0.25) is 4.79 Å². The van der Waals surface area contributed by atoms with Gasteiger partial charge in [0.05, 0.1) is 12.0 Å². The van der Waals surface area contributed by atoms with Gasteiger partial charge in [0, 0.05) is 6.04 Å². The first-order valence-corrected chi connectivity index (χ1v) is 6.39. The zero-order valence-electron chi connectivity index (χ0n) is 11.2. The predicted octanol–water partition coefficient (Wildman–Crippen LogP) is 2.53. The summed E-state index contributed by atoms with van der Waals surface area (Å²) in [5.41, 5.74) is 8.47. The molecule has 0 aliphatic heterocycles. The summed E-state index contributed by atoms with van der Waals surface area (Å²) >= 11 is 0. The average Bonchev–Trinajstić information content (AvgIpc) is 2.46. The lowest BCUT2D eigenvalue weighted by Crippen LogP contribution is -2.15. The Bertz CT molecular complexity index is 664. The molecule has 108 valence electrons. The standard InChI is InChI=1S/C16H15NO4/c17-14(9-15(18)19)13-4-2-1-3-12(13)10-5-7-11(8-6-10)16(20)21/h1-8,14H,9,17H2,(H,18,19)(H,20,21). The minimum absolute atomic E-state index is 0.162. The van der Waals surface area contributed by atoms with E-state index in [0.717, 1.165) is 16.7 Å². The van der Waals surface area contributed by atoms with Crippen LogP contribution in [-0.2, 0) is 4.79 Å². The van der Waals surface area contributed by atoms with Crippen molar-refractivity contribution >= 4 is 11.9 Å². The van der Waals surface area contributed by atoms with E-state index in [0.29, 0.717) is 0 Å². The van der Waals surface area contributed by atoms with Crippen molar-refractivity contribution in [2.75, 3.05) is 0 Å². The Morgan fingerprint density at radius 1 is 1.00 bits per heavy atom. The highest BCUT2D eigenvalue weighted by molar-refractivity contribution is 5.88. The van der Waals surface area contributed by atoms with Crippen molar-refractivity contribution in [1.29, 1.82) is 0 Å². The normalized spacial score (nSPS) is 11.9. The molecule has 0 saturated heterocycles. The van der Waals surface area contributed by atoms with Crippen LogP contribution in [0.5, 0.6) is 0 Å². The van der Waals surface area contributed by atoms with E-state index in [1.165, 1.54) is 12.1 Å².